The topological polar surface area (TPSA) is 65.7 Å². The zero-order valence-electron chi connectivity index (χ0n) is 11.8. The fourth-order valence-electron chi connectivity index (χ4n) is 1.63. The summed E-state index contributed by atoms with van der Waals surface area (Å²) >= 11 is 0. The molecule has 0 aromatic rings. The molecule has 0 bridgehead atoms. The number of nitrogens with one attached hydrogen (secondary N) is 2. The van der Waals surface area contributed by atoms with Crippen molar-refractivity contribution in [3.05, 3.63) is 0 Å². The molecule has 0 spiro atoms. The van der Waals surface area contributed by atoms with E-state index in [1.807, 2.05) is 0 Å². The molecule has 0 aliphatic rings. The molecule has 0 aliphatic heterocycles. The molecule has 4 N–H and O–H groups in total. The maximum Gasteiger partial charge on any atom is 0.205 e. The van der Waals surface area contributed by atoms with Crippen LogP contribution in [0.5, 0.6) is 0 Å². The van der Waals surface area contributed by atoms with Crippen molar-refractivity contribution in [3.8, 4) is 0 Å². The Hall–Kier alpha value is -0.810. The SMILES string of the molecule is CCCCN=C(NN)NC(C)CN(CC)CC. The lowest BCUT2D eigenvalue weighted by Crippen LogP contribution is -2.49. The highest BCUT2D eigenvalue weighted by atomic mass is 15.3. The van der Waals surface area contributed by atoms with E-state index in [0.29, 0.717) is 12.0 Å². The average molecular weight is 243 g/mol. The first kappa shape index (κ1) is 16.2. The molecule has 0 amide bonds. The van der Waals surface area contributed by atoms with Gasteiger partial charge in [-0.15, -0.1) is 0 Å². The maximum atomic E-state index is 5.44. The number of hydrogen-bond donors (Lipinski definition) is 3. The third kappa shape index (κ3) is 7.99. The molecule has 0 rings (SSSR count). The lowest BCUT2D eigenvalue weighted by atomic mass is 10.3. The third-order valence-corrected chi connectivity index (χ3v) is 2.73. The molecule has 0 aromatic heterocycles. The molecule has 0 radical (unpaired) electrons. The van der Waals surface area contributed by atoms with Crippen LogP contribution >= 0.6 is 0 Å². The van der Waals surface area contributed by atoms with E-state index in [-0.39, 0.29) is 0 Å². The Morgan fingerprint density at radius 2 is 1.94 bits per heavy atom. The Balaban J connectivity index is 4.04. The molecule has 5 nitrogen and oxygen atoms in total. The van der Waals surface area contributed by atoms with Crippen LogP contribution in [0.2, 0.25) is 0 Å². The van der Waals surface area contributed by atoms with Gasteiger partial charge in [0.05, 0.1) is 0 Å². The molecule has 0 aromatic carbocycles. The van der Waals surface area contributed by atoms with Gasteiger partial charge in [0, 0.05) is 19.1 Å². The van der Waals surface area contributed by atoms with Gasteiger partial charge >= 0.3 is 0 Å². The van der Waals surface area contributed by atoms with Gasteiger partial charge in [0.25, 0.3) is 0 Å². The van der Waals surface area contributed by atoms with Crippen molar-refractivity contribution in [1.82, 2.24) is 15.6 Å². The molecule has 102 valence electrons. The molecule has 5 heteroatoms. The lowest BCUT2D eigenvalue weighted by molar-refractivity contribution is 0.281. The summed E-state index contributed by atoms with van der Waals surface area (Å²) in [7, 11) is 0. The summed E-state index contributed by atoms with van der Waals surface area (Å²) in [4.78, 5) is 6.75. The zero-order chi connectivity index (χ0) is 13.1. The van der Waals surface area contributed by atoms with E-state index in [0.717, 1.165) is 39.0 Å². The highest BCUT2D eigenvalue weighted by Crippen LogP contribution is 1.92. The number of guanidine groups is 1. The van der Waals surface area contributed by atoms with E-state index >= 15 is 0 Å². The van der Waals surface area contributed by atoms with Gasteiger partial charge in [0.2, 0.25) is 5.96 Å². The number of nitrogens with two attached hydrogens (primary N) is 1. The molecule has 0 saturated heterocycles. The minimum Gasteiger partial charge on any atom is -0.352 e. The largest absolute Gasteiger partial charge is 0.352 e. The van der Waals surface area contributed by atoms with Crippen molar-refractivity contribution in [2.24, 2.45) is 10.8 Å². The van der Waals surface area contributed by atoms with Crippen molar-refractivity contribution in [3.63, 3.8) is 0 Å². The molecule has 17 heavy (non-hydrogen) atoms. The minimum atomic E-state index is 0.339. The van der Waals surface area contributed by atoms with Gasteiger partial charge < -0.3 is 10.2 Å². The number of rotatable bonds is 8. The summed E-state index contributed by atoms with van der Waals surface area (Å²) in [6.45, 7) is 12.6. The summed E-state index contributed by atoms with van der Waals surface area (Å²) in [6, 6.07) is 0.339. The van der Waals surface area contributed by atoms with Crippen molar-refractivity contribution < 1.29 is 0 Å². The predicted molar refractivity (Wildman–Crippen MR) is 74.9 cm³/mol. The quantitative estimate of drug-likeness (QED) is 0.195. The first-order valence-corrected chi connectivity index (χ1v) is 6.67. The van der Waals surface area contributed by atoms with E-state index in [2.05, 4.69) is 48.3 Å². The van der Waals surface area contributed by atoms with Gasteiger partial charge in [0.1, 0.15) is 0 Å². The second-order valence-corrected chi connectivity index (χ2v) is 4.26. The highest BCUT2D eigenvalue weighted by Gasteiger charge is 2.08. The number of hydrazine groups is 1. The van der Waals surface area contributed by atoms with Crippen LogP contribution in [-0.2, 0) is 0 Å². The third-order valence-electron chi connectivity index (χ3n) is 2.73. The maximum absolute atomic E-state index is 5.44. The van der Waals surface area contributed by atoms with Crippen LogP contribution in [0.15, 0.2) is 4.99 Å². The normalized spacial score (nSPS) is 13.9. The smallest absolute Gasteiger partial charge is 0.205 e. The molecule has 1 atom stereocenters. The van der Waals surface area contributed by atoms with Crippen molar-refractivity contribution >= 4 is 5.96 Å². The Bertz CT molecular complexity index is 201. The van der Waals surface area contributed by atoms with Crippen molar-refractivity contribution in [2.45, 2.75) is 46.6 Å². The second kappa shape index (κ2) is 10.4. The average Bonchev–Trinajstić information content (AvgIpc) is 2.34. The van der Waals surface area contributed by atoms with Gasteiger partial charge in [0.15, 0.2) is 0 Å². The number of unbranched alkanes of at least 4 members (excludes halogenated alkanes) is 1. The summed E-state index contributed by atoms with van der Waals surface area (Å²) < 4.78 is 0. The Morgan fingerprint density at radius 3 is 2.41 bits per heavy atom. The van der Waals surface area contributed by atoms with Crippen LogP contribution < -0.4 is 16.6 Å². The van der Waals surface area contributed by atoms with E-state index < -0.39 is 0 Å². The molecule has 0 saturated carbocycles. The van der Waals surface area contributed by atoms with Gasteiger partial charge in [-0.3, -0.25) is 10.4 Å². The number of hydrogen-bond acceptors (Lipinski definition) is 3. The molecule has 0 aliphatic carbocycles. The number of nitrogens with zero attached hydrogens (tertiary/aromatic N) is 2. The first-order valence-electron chi connectivity index (χ1n) is 6.67. The van der Waals surface area contributed by atoms with Gasteiger partial charge in [-0.2, -0.15) is 0 Å². The number of likely N-dealkylation sites (N-methyl/N-ethyl adjacent to an activating group) is 1. The van der Waals surface area contributed by atoms with E-state index in [9.17, 15) is 0 Å². The second-order valence-electron chi connectivity index (χ2n) is 4.26. The monoisotopic (exact) mass is 243 g/mol. The zero-order valence-corrected chi connectivity index (χ0v) is 11.8. The molecule has 1 unspecified atom stereocenters. The van der Waals surface area contributed by atoms with Gasteiger partial charge in [-0.25, -0.2) is 5.84 Å². The fourth-order valence-corrected chi connectivity index (χ4v) is 1.63. The fraction of sp³-hybridized carbons (Fsp3) is 0.917. The van der Waals surface area contributed by atoms with Gasteiger partial charge in [-0.1, -0.05) is 27.2 Å². The van der Waals surface area contributed by atoms with Crippen LogP contribution in [0.1, 0.15) is 40.5 Å². The molecular weight excluding hydrogens is 214 g/mol. The number of aliphatic imine (C=N–C) groups is 1. The van der Waals surface area contributed by atoms with Crippen LogP contribution in [0.25, 0.3) is 0 Å². The van der Waals surface area contributed by atoms with E-state index in [1.54, 1.807) is 0 Å². The van der Waals surface area contributed by atoms with E-state index in [4.69, 9.17) is 5.84 Å². The molecule has 0 heterocycles. The van der Waals surface area contributed by atoms with Crippen LogP contribution in [0.4, 0.5) is 0 Å². The first-order chi connectivity index (χ1) is 8.17. The van der Waals surface area contributed by atoms with E-state index in [1.165, 1.54) is 0 Å². The summed E-state index contributed by atoms with van der Waals surface area (Å²) in [5.74, 6) is 6.13. The summed E-state index contributed by atoms with van der Waals surface area (Å²) in [6.07, 6.45) is 2.24. The highest BCUT2D eigenvalue weighted by molar-refractivity contribution is 5.79. The molecule has 0 fully saturated rings. The minimum absolute atomic E-state index is 0.339. The predicted octanol–water partition coefficient (Wildman–Crippen LogP) is 0.926. The van der Waals surface area contributed by atoms with Crippen LogP contribution in [0, 0.1) is 0 Å². The van der Waals surface area contributed by atoms with Crippen molar-refractivity contribution in [1.29, 1.82) is 0 Å². The standard InChI is InChI=1S/C12H29N5/c1-5-8-9-14-12(16-13)15-11(4)10-17(6-2)7-3/h11H,5-10,13H2,1-4H3,(H2,14,15,16). The van der Waals surface area contributed by atoms with Crippen molar-refractivity contribution in [2.75, 3.05) is 26.2 Å². The van der Waals surface area contributed by atoms with Gasteiger partial charge in [-0.05, 0) is 26.4 Å². The summed E-state index contributed by atoms with van der Waals surface area (Å²) in [5, 5.41) is 3.30. The molecular formula is C12H29N5. The van der Waals surface area contributed by atoms with Crippen LogP contribution in [-0.4, -0.2) is 43.1 Å². The lowest BCUT2D eigenvalue weighted by Gasteiger charge is -2.24. The summed E-state index contributed by atoms with van der Waals surface area (Å²) in [5.41, 5.74) is 2.62. The Morgan fingerprint density at radius 1 is 1.29 bits per heavy atom. The van der Waals surface area contributed by atoms with Crippen LogP contribution in [0.3, 0.4) is 0 Å². The Kier molecular flexibility index (Phi) is 9.86. The Labute approximate surface area is 106 Å².